The number of hydrogen-bond acceptors (Lipinski definition) is 16. The molecular weight excluding hydrogens is 1060 g/mol. The van der Waals surface area contributed by atoms with Gasteiger partial charge in [0.2, 0.25) is 17.7 Å². The Morgan fingerprint density at radius 2 is 1.56 bits per heavy atom. The third kappa shape index (κ3) is 16.4. The van der Waals surface area contributed by atoms with Crippen LogP contribution in [0.1, 0.15) is 76.1 Å². The minimum Gasteiger partial charge on any atom is -0.495 e. The second kappa shape index (κ2) is 28.9. The molecular formula is C57H73Cl2N9O9S. The molecule has 2 aromatic heterocycles. The first-order valence-corrected chi connectivity index (χ1v) is 28.2. The van der Waals surface area contributed by atoms with E-state index in [1.54, 1.807) is 30.6 Å². The van der Waals surface area contributed by atoms with Gasteiger partial charge in [0.1, 0.15) is 30.5 Å². The molecule has 3 atom stereocenters. The summed E-state index contributed by atoms with van der Waals surface area (Å²) >= 11 is 14.3. The number of unbranched alkanes of at least 4 members (excludes halogenated alkanes) is 3. The first-order chi connectivity index (χ1) is 37.6. The van der Waals surface area contributed by atoms with Crippen LogP contribution < -0.4 is 30.2 Å². The predicted molar refractivity (Wildman–Crippen MR) is 304 cm³/mol. The highest BCUT2D eigenvalue weighted by Gasteiger charge is 2.44. The van der Waals surface area contributed by atoms with Gasteiger partial charge in [-0.2, -0.15) is 5.26 Å². The number of hydrogen-bond donors (Lipinski definition) is 4. The molecule has 2 aliphatic heterocycles. The topological polar surface area (TPSA) is 213 Å². The normalized spacial score (nSPS) is 16.4. The van der Waals surface area contributed by atoms with Crippen LogP contribution >= 0.6 is 34.5 Å². The molecule has 0 saturated carbocycles. The second-order valence-corrected chi connectivity index (χ2v) is 22.3. The Hall–Kier alpha value is -5.82. The van der Waals surface area contributed by atoms with Crippen LogP contribution in [0.5, 0.6) is 17.2 Å². The highest BCUT2D eigenvalue weighted by Crippen LogP contribution is 2.41. The Labute approximate surface area is 471 Å². The van der Waals surface area contributed by atoms with E-state index in [2.05, 4.69) is 41.8 Å². The number of carbonyl (C=O) groups is 3. The number of likely N-dealkylation sites (tertiary alicyclic amines) is 1. The maximum atomic E-state index is 14.0. The van der Waals surface area contributed by atoms with E-state index in [4.69, 9.17) is 46.9 Å². The molecule has 2 saturated heterocycles. The maximum Gasteiger partial charge on any atom is 0.246 e. The highest BCUT2D eigenvalue weighted by atomic mass is 35.5. The standard InChI is InChI=1S/C57H73Cl2N9O9S/c1-37-53(78-36-63-37)39-14-12-38(13-15-39)32-62-55(71)47-26-41(69)34-68(47)56(72)54(57(2,3)4)65-51(70)35-76-25-24-75-22-10-8-7-9-16-66-18-20-67(21-19-66)17-11-23-77-50-29-45-42(27-49(50)74-6)52(40(31-60)33-61-45)64-46-30-48(73-5)44(59)28-43(46)58/h12-15,27-30,33,36,41,47,54,69H,7-11,16-26,32,34-35H2,1-6H3,(H,61,64)(H,62,71)(H,65,70)/t41-,47+,54-/m1/s1. The third-order valence-corrected chi connectivity index (χ3v) is 15.5. The van der Waals surface area contributed by atoms with Gasteiger partial charge in [0.05, 0.1) is 88.7 Å². The summed E-state index contributed by atoms with van der Waals surface area (Å²) in [6.45, 7) is 15.3. The number of fused-ring (bicyclic) bond motifs is 1. The number of aliphatic hydroxyl groups is 1. The van der Waals surface area contributed by atoms with Crippen molar-refractivity contribution < 1.29 is 43.2 Å². The Balaban J connectivity index is 0.725. The molecule has 4 heterocycles. The number of carbonyl (C=O) groups excluding carboxylic acids is 3. The molecule has 4 N–H and O–H groups in total. The Morgan fingerprint density at radius 1 is 0.859 bits per heavy atom. The molecule has 2 fully saturated rings. The van der Waals surface area contributed by atoms with Crippen LogP contribution in [0.4, 0.5) is 11.4 Å². The molecule has 0 unspecified atom stereocenters. The lowest BCUT2D eigenvalue weighted by Gasteiger charge is -2.35. The fraction of sp³-hybridized carbons (Fsp3) is 0.509. The third-order valence-electron chi connectivity index (χ3n) is 13.9. The largest absolute Gasteiger partial charge is 0.495 e. The van der Waals surface area contributed by atoms with Gasteiger partial charge in [0.15, 0.2) is 11.5 Å². The number of halogens is 2. The smallest absolute Gasteiger partial charge is 0.246 e. The Kier molecular flexibility index (Phi) is 22.2. The summed E-state index contributed by atoms with van der Waals surface area (Å²) in [7, 11) is 3.10. The molecule has 2 aliphatic rings. The zero-order chi connectivity index (χ0) is 55.8. The van der Waals surface area contributed by atoms with E-state index in [1.807, 2.05) is 69.6 Å². The number of rotatable bonds is 27. The first-order valence-electron chi connectivity index (χ1n) is 26.6. The zero-order valence-corrected chi connectivity index (χ0v) is 47.8. The average molecular weight is 1130 g/mol. The van der Waals surface area contributed by atoms with E-state index in [0.717, 1.165) is 93.1 Å². The van der Waals surface area contributed by atoms with Crippen molar-refractivity contribution in [1.29, 1.82) is 5.26 Å². The fourth-order valence-electron chi connectivity index (χ4n) is 9.58. The molecule has 0 radical (unpaired) electrons. The summed E-state index contributed by atoms with van der Waals surface area (Å²) in [5.41, 5.74) is 6.05. The molecule has 18 nitrogen and oxygen atoms in total. The van der Waals surface area contributed by atoms with Crippen molar-refractivity contribution >= 4 is 74.5 Å². The van der Waals surface area contributed by atoms with Gasteiger partial charge in [-0.1, -0.05) is 81.1 Å². The van der Waals surface area contributed by atoms with Crippen molar-refractivity contribution in [3.05, 3.63) is 87.1 Å². The molecule has 21 heteroatoms. The zero-order valence-electron chi connectivity index (χ0n) is 45.5. The number of piperazine rings is 1. The van der Waals surface area contributed by atoms with Crippen molar-refractivity contribution in [2.45, 2.75) is 91.0 Å². The van der Waals surface area contributed by atoms with Crippen LogP contribution in [0.15, 0.2) is 60.2 Å². The van der Waals surface area contributed by atoms with Crippen LogP contribution in [0.25, 0.3) is 21.3 Å². The summed E-state index contributed by atoms with van der Waals surface area (Å²) in [5.74, 6) is 0.302. The number of methoxy groups -OCH3 is 2. The lowest BCUT2D eigenvalue weighted by molar-refractivity contribution is -0.144. The monoisotopic (exact) mass is 1130 g/mol. The van der Waals surface area contributed by atoms with Gasteiger partial charge < -0.3 is 59.4 Å². The number of pyridine rings is 1. The van der Waals surface area contributed by atoms with Gasteiger partial charge in [-0.15, -0.1) is 11.3 Å². The van der Waals surface area contributed by atoms with Gasteiger partial charge in [-0.25, -0.2) is 4.98 Å². The quantitative estimate of drug-likeness (QED) is 0.0364. The van der Waals surface area contributed by atoms with Crippen LogP contribution in [0, 0.1) is 23.7 Å². The number of ether oxygens (including phenoxy) is 5. The SMILES string of the molecule is COc1cc(Nc2c(C#N)cnc3cc(OCCCN4CCN(CCCCCCOCCOCC(=O)N[C@H](C(=O)N5C[C@H](O)C[C@H]5C(=O)NCc5ccc(-c6scnc6C)cc5)C(C)(C)C)CC4)c(OC)cc23)c(Cl)cc1Cl. The molecule has 3 amide bonds. The number of amides is 3. The number of nitrogens with one attached hydrogen (secondary N) is 3. The molecule has 3 aromatic carbocycles. The molecule has 78 heavy (non-hydrogen) atoms. The Bertz CT molecular complexity index is 2850. The van der Waals surface area contributed by atoms with Gasteiger partial charge in [0.25, 0.3) is 0 Å². The number of nitrogens with zero attached hydrogens (tertiary/aromatic N) is 6. The number of aliphatic hydroxyl groups excluding tert-OH is 1. The highest BCUT2D eigenvalue weighted by molar-refractivity contribution is 7.13. The van der Waals surface area contributed by atoms with Gasteiger partial charge >= 0.3 is 0 Å². The van der Waals surface area contributed by atoms with Crippen molar-refractivity contribution in [2.75, 3.05) is 98.4 Å². The number of aromatic nitrogens is 2. The Morgan fingerprint density at radius 3 is 2.24 bits per heavy atom. The van der Waals surface area contributed by atoms with Crippen LogP contribution in [0.2, 0.25) is 10.0 Å². The van der Waals surface area contributed by atoms with E-state index < -0.39 is 35.4 Å². The number of aryl methyl sites for hydroxylation is 1. The molecule has 0 bridgehead atoms. The first kappa shape index (κ1) is 59.8. The van der Waals surface area contributed by atoms with Crippen molar-refractivity contribution in [3.63, 3.8) is 0 Å². The molecule has 0 aliphatic carbocycles. The average Bonchev–Trinajstić information content (AvgIpc) is 4.11. The summed E-state index contributed by atoms with van der Waals surface area (Å²) in [5, 5.41) is 31.0. The molecule has 5 aromatic rings. The maximum absolute atomic E-state index is 14.0. The van der Waals surface area contributed by atoms with Gasteiger partial charge in [0, 0.05) is 82.6 Å². The van der Waals surface area contributed by atoms with Crippen LogP contribution in [0.3, 0.4) is 0 Å². The summed E-state index contributed by atoms with van der Waals surface area (Å²) < 4.78 is 28.7. The minimum atomic E-state index is -0.944. The van der Waals surface area contributed by atoms with E-state index in [0.29, 0.717) is 75.0 Å². The summed E-state index contributed by atoms with van der Waals surface area (Å²) in [6, 6.07) is 15.2. The predicted octanol–water partition coefficient (Wildman–Crippen LogP) is 8.40. The van der Waals surface area contributed by atoms with E-state index >= 15 is 0 Å². The number of β-amino-alcohol motifs (C(OH)–C–C–N with tert-alkyl or cyclic N) is 1. The number of nitriles is 1. The summed E-state index contributed by atoms with van der Waals surface area (Å²) in [6.07, 6.45) is 5.85. The van der Waals surface area contributed by atoms with E-state index in [9.17, 15) is 24.8 Å². The van der Waals surface area contributed by atoms with E-state index in [1.165, 1.54) is 18.2 Å². The number of anilines is 2. The summed E-state index contributed by atoms with van der Waals surface area (Å²) in [4.78, 5) is 56.8. The van der Waals surface area contributed by atoms with Crippen LogP contribution in [-0.2, 0) is 30.4 Å². The van der Waals surface area contributed by atoms with Gasteiger partial charge in [-0.3, -0.25) is 19.4 Å². The molecule has 7 rings (SSSR count). The molecule has 0 spiro atoms. The van der Waals surface area contributed by atoms with E-state index in [-0.39, 0.29) is 38.6 Å². The van der Waals surface area contributed by atoms with Crippen LogP contribution in [-0.4, -0.2) is 159 Å². The molecule has 420 valence electrons. The number of benzene rings is 3. The second-order valence-electron chi connectivity index (χ2n) is 20.7. The lowest BCUT2D eigenvalue weighted by atomic mass is 9.85. The minimum absolute atomic E-state index is 0.00394. The van der Waals surface area contributed by atoms with Crippen molar-refractivity contribution in [3.8, 4) is 33.8 Å². The van der Waals surface area contributed by atoms with Gasteiger partial charge in [-0.05, 0) is 61.4 Å². The number of thiazole rings is 1. The lowest BCUT2D eigenvalue weighted by Crippen LogP contribution is -2.58. The van der Waals surface area contributed by atoms with Crippen molar-refractivity contribution in [2.24, 2.45) is 5.41 Å². The fourth-order valence-corrected chi connectivity index (χ4v) is 10.9. The van der Waals surface area contributed by atoms with Crippen molar-refractivity contribution in [1.82, 2.24) is 35.3 Å².